The van der Waals surface area contributed by atoms with Crippen molar-refractivity contribution in [3.05, 3.63) is 54.4 Å². The predicted octanol–water partition coefficient (Wildman–Crippen LogP) is 3.82. The molecule has 19 heavy (non-hydrogen) atoms. The van der Waals surface area contributed by atoms with Crippen molar-refractivity contribution in [2.24, 2.45) is 7.05 Å². The standard InChI is InChI=1S/C15H15N3S/c1-11(19-15-17-16-10-18(15)2)13-8-7-12-5-3-4-6-14(12)9-13/h3-11H,1-2H3. The van der Waals surface area contributed by atoms with Crippen LogP contribution in [0.3, 0.4) is 0 Å². The maximum Gasteiger partial charge on any atom is 0.191 e. The number of thioether (sulfide) groups is 1. The van der Waals surface area contributed by atoms with Crippen molar-refractivity contribution in [2.45, 2.75) is 17.3 Å². The molecule has 0 radical (unpaired) electrons. The fraction of sp³-hybridized carbons (Fsp3) is 0.200. The minimum absolute atomic E-state index is 0.354. The van der Waals surface area contributed by atoms with Gasteiger partial charge >= 0.3 is 0 Å². The normalized spacial score (nSPS) is 12.7. The van der Waals surface area contributed by atoms with E-state index in [0.29, 0.717) is 5.25 Å². The molecule has 1 heterocycles. The average Bonchev–Trinajstić information content (AvgIpc) is 2.84. The minimum atomic E-state index is 0.354. The van der Waals surface area contributed by atoms with Crippen LogP contribution in [0.15, 0.2) is 53.9 Å². The molecule has 0 N–H and O–H groups in total. The summed E-state index contributed by atoms with van der Waals surface area (Å²) >= 11 is 1.73. The van der Waals surface area contributed by atoms with Gasteiger partial charge < -0.3 is 4.57 Å². The summed E-state index contributed by atoms with van der Waals surface area (Å²) in [4.78, 5) is 0. The molecule has 0 spiro atoms. The lowest BCUT2D eigenvalue weighted by atomic mass is 10.1. The first kappa shape index (κ1) is 12.2. The summed E-state index contributed by atoms with van der Waals surface area (Å²) in [5, 5.41) is 11.9. The van der Waals surface area contributed by atoms with E-state index in [1.165, 1.54) is 16.3 Å². The Morgan fingerprint density at radius 1 is 1.11 bits per heavy atom. The van der Waals surface area contributed by atoms with Gasteiger partial charge in [-0.1, -0.05) is 54.2 Å². The van der Waals surface area contributed by atoms with Gasteiger partial charge in [-0.25, -0.2) is 0 Å². The summed E-state index contributed by atoms with van der Waals surface area (Å²) in [6.45, 7) is 2.20. The SMILES string of the molecule is CC(Sc1nncn1C)c1ccc2ccccc2c1. The molecule has 4 heteroatoms. The molecule has 0 bridgehead atoms. The Hall–Kier alpha value is -1.81. The maximum atomic E-state index is 4.12. The molecule has 0 fully saturated rings. The van der Waals surface area contributed by atoms with Gasteiger partial charge in [0.15, 0.2) is 5.16 Å². The lowest BCUT2D eigenvalue weighted by Crippen LogP contribution is -1.94. The summed E-state index contributed by atoms with van der Waals surface area (Å²) in [7, 11) is 1.97. The van der Waals surface area contributed by atoms with Crippen LogP contribution >= 0.6 is 11.8 Å². The van der Waals surface area contributed by atoms with E-state index >= 15 is 0 Å². The lowest BCUT2D eigenvalue weighted by Gasteiger charge is -2.11. The molecule has 0 saturated heterocycles. The van der Waals surface area contributed by atoms with E-state index in [1.807, 2.05) is 11.6 Å². The van der Waals surface area contributed by atoms with E-state index in [2.05, 4.69) is 59.6 Å². The Balaban J connectivity index is 1.89. The molecule has 3 nitrogen and oxygen atoms in total. The molecule has 0 amide bonds. The molecular formula is C15H15N3S. The first-order valence-electron chi connectivity index (χ1n) is 6.23. The molecular weight excluding hydrogens is 254 g/mol. The van der Waals surface area contributed by atoms with E-state index < -0.39 is 0 Å². The van der Waals surface area contributed by atoms with Crippen LogP contribution in [0.25, 0.3) is 10.8 Å². The van der Waals surface area contributed by atoms with Gasteiger partial charge in [0.1, 0.15) is 6.33 Å². The molecule has 1 unspecified atom stereocenters. The van der Waals surface area contributed by atoms with Gasteiger partial charge in [0.25, 0.3) is 0 Å². The van der Waals surface area contributed by atoms with Crippen LogP contribution < -0.4 is 0 Å². The van der Waals surface area contributed by atoms with Crippen LogP contribution in [0.5, 0.6) is 0 Å². The van der Waals surface area contributed by atoms with Crippen molar-refractivity contribution in [3.63, 3.8) is 0 Å². The van der Waals surface area contributed by atoms with Crippen LogP contribution in [-0.2, 0) is 7.05 Å². The highest BCUT2D eigenvalue weighted by atomic mass is 32.2. The van der Waals surface area contributed by atoms with Gasteiger partial charge in [-0.05, 0) is 23.3 Å². The highest BCUT2D eigenvalue weighted by Gasteiger charge is 2.11. The van der Waals surface area contributed by atoms with Gasteiger partial charge in [-0.15, -0.1) is 10.2 Å². The fourth-order valence-electron chi connectivity index (χ4n) is 2.07. The van der Waals surface area contributed by atoms with Crippen LogP contribution in [-0.4, -0.2) is 14.8 Å². The zero-order valence-electron chi connectivity index (χ0n) is 10.9. The van der Waals surface area contributed by atoms with E-state index in [-0.39, 0.29) is 0 Å². The second-order valence-corrected chi connectivity index (χ2v) is 5.90. The number of hydrogen-bond donors (Lipinski definition) is 0. The Kier molecular flexibility index (Phi) is 3.25. The number of rotatable bonds is 3. The van der Waals surface area contributed by atoms with Crippen LogP contribution in [0, 0.1) is 0 Å². The monoisotopic (exact) mass is 269 g/mol. The topological polar surface area (TPSA) is 30.7 Å². The first-order valence-corrected chi connectivity index (χ1v) is 7.11. The average molecular weight is 269 g/mol. The smallest absolute Gasteiger partial charge is 0.191 e. The highest BCUT2D eigenvalue weighted by molar-refractivity contribution is 7.99. The number of benzene rings is 2. The summed E-state index contributed by atoms with van der Waals surface area (Å²) in [6.07, 6.45) is 1.73. The van der Waals surface area contributed by atoms with Crippen LogP contribution in [0.1, 0.15) is 17.7 Å². The number of hydrogen-bond acceptors (Lipinski definition) is 3. The molecule has 0 saturated carbocycles. The molecule has 3 aromatic rings. The zero-order chi connectivity index (χ0) is 13.2. The third-order valence-electron chi connectivity index (χ3n) is 3.19. The fourth-order valence-corrected chi connectivity index (χ4v) is 2.97. The second kappa shape index (κ2) is 5.05. The van der Waals surface area contributed by atoms with E-state index in [0.717, 1.165) is 5.16 Å². The van der Waals surface area contributed by atoms with Crippen molar-refractivity contribution in [3.8, 4) is 0 Å². The minimum Gasteiger partial charge on any atom is -0.312 e. The summed E-state index contributed by atoms with van der Waals surface area (Å²) in [5.74, 6) is 0. The summed E-state index contributed by atoms with van der Waals surface area (Å²) in [5.41, 5.74) is 1.31. The number of aryl methyl sites for hydroxylation is 1. The van der Waals surface area contributed by atoms with Gasteiger partial charge in [0.2, 0.25) is 0 Å². The lowest BCUT2D eigenvalue weighted by molar-refractivity contribution is 0.785. The van der Waals surface area contributed by atoms with Crippen molar-refractivity contribution >= 4 is 22.5 Å². The van der Waals surface area contributed by atoms with Crippen molar-refractivity contribution < 1.29 is 0 Å². The van der Waals surface area contributed by atoms with Crippen molar-refractivity contribution in [1.29, 1.82) is 0 Å². The molecule has 96 valence electrons. The highest BCUT2D eigenvalue weighted by Crippen LogP contribution is 2.34. The Morgan fingerprint density at radius 2 is 1.89 bits per heavy atom. The van der Waals surface area contributed by atoms with Crippen LogP contribution in [0.2, 0.25) is 0 Å². The Labute approximate surface area is 116 Å². The first-order chi connectivity index (χ1) is 9.24. The van der Waals surface area contributed by atoms with E-state index in [9.17, 15) is 0 Å². The maximum absolute atomic E-state index is 4.12. The van der Waals surface area contributed by atoms with Gasteiger partial charge in [0, 0.05) is 12.3 Å². The molecule has 0 aliphatic heterocycles. The molecule has 0 aliphatic carbocycles. The quantitative estimate of drug-likeness (QED) is 0.677. The van der Waals surface area contributed by atoms with Crippen LogP contribution in [0.4, 0.5) is 0 Å². The third-order valence-corrected chi connectivity index (χ3v) is 4.40. The Bertz CT molecular complexity index is 705. The Morgan fingerprint density at radius 3 is 2.63 bits per heavy atom. The van der Waals surface area contributed by atoms with Crippen molar-refractivity contribution in [2.75, 3.05) is 0 Å². The number of fused-ring (bicyclic) bond motifs is 1. The summed E-state index contributed by atoms with van der Waals surface area (Å²) in [6, 6.07) is 15.1. The molecule has 0 aliphatic rings. The molecule has 3 rings (SSSR count). The van der Waals surface area contributed by atoms with Crippen molar-refractivity contribution in [1.82, 2.24) is 14.8 Å². The predicted molar refractivity (Wildman–Crippen MR) is 79.2 cm³/mol. The second-order valence-electron chi connectivity index (χ2n) is 4.59. The number of nitrogens with zero attached hydrogens (tertiary/aromatic N) is 3. The summed E-state index contributed by atoms with van der Waals surface area (Å²) < 4.78 is 1.95. The zero-order valence-corrected chi connectivity index (χ0v) is 11.8. The molecule has 1 aromatic heterocycles. The van der Waals surface area contributed by atoms with Gasteiger partial charge in [-0.2, -0.15) is 0 Å². The van der Waals surface area contributed by atoms with E-state index in [4.69, 9.17) is 0 Å². The van der Waals surface area contributed by atoms with Gasteiger partial charge in [0.05, 0.1) is 0 Å². The molecule has 2 aromatic carbocycles. The molecule has 1 atom stereocenters. The van der Waals surface area contributed by atoms with Gasteiger partial charge in [-0.3, -0.25) is 0 Å². The number of aromatic nitrogens is 3. The third kappa shape index (κ3) is 2.49. The van der Waals surface area contributed by atoms with E-state index in [1.54, 1.807) is 18.1 Å². The largest absolute Gasteiger partial charge is 0.312 e.